The quantitative estimate of drug-likeness (QED) is 0.796. The molecule has 2 rings (SSSR count). The van der Waals surface area contributed by atoms with Gasteiger partial charge in [-0.3, -0.25) is 9.69 Å². The van der Waals surface area contributed by atoms with E-state index in [-0.39, 0.29) is 38.4 Å². The zero-order valence-corrected chi connectivity index (χ0v) is 10.0. The summed E-state index contributed by atoms with van der Waals surface area (Å²) in [6, 6.07) is 0. The molecule has 0 atom stereocenters. The normalized spacial score (nSPS) is 24.8. The summed E-state index contributed by atoms with van der Waals surface area (Å²) in [4.78, 5) is 15.0. The van der Waals surface area contributed by atoms with Crippen molar-refractivity contribution in [3.8, 4) is 0 Å². The first-order valence-corrected chi connectivity index (χ1v) is 6.11. The third kappa shape index (κ3) is 2.61. The standard InChI is InChI=1S/C11H17F3N2O2/c12-11(13,14)10(18)2-6-15(7-3-10)8-9(17)16-4-1-5-16/h18H,1-8H2. The van der Waals surface area contributed by atoms with E-state index in [1.165, 1.54) is 0 Å². The average molecular weight is 266 g/mol. The minimum atomic E-state index is -4.58. The number of amides is 1. The van der Waals surface area contributed by atoms with Crippen LogP contribution >= 0.6 is 0 Å². The second kappa shape index (κ2) is 4.70. The highest BCUT2D eigenvalue weighted by Crippen LogP contribution is 2.38. The number of alkyl halides is 3. The molecule has 0 saturated carbocycles. The molecule has 2 fully saturated rings. The molecule has 7 heteroatoms. The van der Waals surface area contributed by atoms with Gasteiger partial charge in [0.05, 0.1) is 6.54 Å². The summed E-state index contributed by atoms with van der Waals surface area (Å²) >= 11 is 0. The van der Waals surface area contributed by atoms with Gasteiger partial charge >= 0.3 is 6.18 Å². The minimum absolute atomic E-state index is 0.0290. The van der Waals surface area contributed by atoms with Gasteiger partial charge in [-0.05, 0) is 19.3 Å². The van der Waals surface area contributed by atoms with Crippen LogP contribution in [-0.4, -0.2) is 65.3 Å². The Morgan fingerprint density at radius 2 is 1.72 bits per heavy atom. The minimum Gasteiger partial charge on any atom is -0.380 e. The van der Waals surface area contributed by atoms with Crippen molar-refractivity contribution in [3.05, 3.63) is 0 Å². The summed E-state index contributed by atoms with van der Waals surface area (Å²) in [5, 5.41) is 9.48. The van der Waals surface area contributed by atoms with Crippen LogP contribution in [0.5, 0.6) is 0 Å². The monoisotopic (exact) mass is 266 g/mol. The molecule has 4 nitrogen and oxygen atoms in total. The van der Waals surface area contributed by atoms with Crippen LogP contribution < -0.4 is 0 Å². The second-order valence-electron chi connectivity index (χ2n) is 5.04. The molecule has 2 aliphatic heterocycles. The van der Waals surface area contributed by atoms with Crippen LogP contribution in [0.4, 0.5) is 13.2 Å². The molecule has 2 heterocycles. The molecule has 104 valence electrons. The molecule has 0 aromatic rings. The van der Waals surface area contributed by atoms with E-state index >= 15 is 0 Å². The molecule has 1 amide bonds. The number of nitrogens with zero attached hydrogens (tertiary/aromatic N) is 2. The van der Waals surface area contributed by atoms with Crippen LogP contribution in [0.3, 0.4) is 0 Å². The number of carbonyl (C=O) groups excluding carboxylic acids is 1. The first-order chi connectivity index (χ1) is 8.32. The van der Waals surface area contributed by atoms with E-state index in [2.05, 4.69) is 0 Å². The molecule has 0 radical (unpaired) electrons. The number of carbonyl (C=O) groups is 1. The molecule has 18 heavy (non-hydrogen) atoms. The molecule has 0 aliphatic carbocycles. The van der Waals surface area contributed by atoms with Crippen molar-refractivity contribution < 1.29 is 23.1 Å². The zero-order chi connectivity index (χ0) is 13.4. The van der Waals surface area contributed by atoms with E-state index in [1.54, 1.807) is 9.80 Å². The topological polar surface area (TPSA) is 43.8 Å². The Balaban J connectivity index is 1.81. The van der Waals surface area contributed by atoms with Gasteiger partial charge in [-0.15, -0.1) is 0 Å². The van der Waals surface area contributed by atoms with Crippen molar-refractivity contribution in [2.45, 2.75) is 31.0 Å². The number of piperidine rings is 1. The van der Waals surface area contributed by atoms with Crippen molar-refractivity contribution in [2.75, 3.05) is 32.7 Å². The summed E-state index contributed by atoms with van der Waals surface area (Å²) in [6.45, 7) is 1.87. The fraction of sp³-hybridized carbons (Fsp3) is 0.909. The smallest absolute Gasteiger partial charge is 0.380 e. The van der Waals surface area contributed by atoms with Gasteiger partial charge in [0, 0.05) is 26.2 Å². The largest absolute Gasteiger partial charge is 0.417 e. The fourth-order valence-corrected chi connectivity index (χ4v) is 2.22. The van der Waals surface area contributed by atoms with Gasteiger partial charge in [0.25, 0.3) is 0 Å². The Morgan fingerprint density at radius 1 is 1.17 bits per heavy atom. The zero-order valence-electron chi connectivity index (χ0n) is 10.0. The Morgan fingerprint density at radius 3 is 2.11 bits per heavy atom. The van der Waals surface area contributed by atoms with E-state index in [0.29, 0.717) is 0 Å². The van der Waals surface area contributed by atoms with Crippen LogP contribution in [0.1, 0.15) is 19.3 Å². The summed E-state index contributed by atoms with van der Waals surface area (Å²) < 4.78 is 37.7. The maximum atomic E-state index is 12.6. The van der Waals surface area contributed by atoms with Crippen LogP contribution in [0, 0.1) is 0 Å². The second-order valence-corrected chi connectivity index (χ2v) is 5.04. The molecule has 0 unspecified atom stereocenters. The van der Waals surface area contributed by atoms with Crippen molar-refractivity contribution in [1.82, 2.24) is 9.80 Å². The molecule has 0 aromatic heterocycles. The number of likely N-dealkylation sites (tertiary alicyclic amines) is 2. The molecular weight excluding hydrogens is 249 g/mol. The maximum absolute atomic E-state index is 12.6. The van der Waals surface area contributed by atoms with Crippen LogP contribution in [-0.2, 0) is 4.79 Å². The highest BCUT2D eigenvalue weighted by Gasteiger charge is 2.54. The van der Waals surface area contributed by atoms with Gasteiger partial charge < -0.3 is 10.0 Å². The molecule has 0 aromatic carbocycles. The lowest BCUT2D eigenvalue weighted by molar-refractivity contribution is -0.272. The first kappa shape index (κ1) is 13.6. The molecule has 1 N–H and O–H groups in total. The van der Waals surface area contributed by atoms with E-state index in [4.69, 9.17) is 0 Å². The Labute approximate surface area is 103 Å². The predicted molar refractivity (Wildman–Crippen MR) is 57.9 cm³/mol. The van der Waals surface area contributed by atoms with Crippen molar-refractivity contribution in [1.29, 1.82) is 0 Å². The molecular formula is C11H17F3N2O2. The van der Waals surface area contributed by atoms with Gasteiger partial charge in [0.1, 0.15) is 0 Å². The Hall–Kier alpha value is -0.820. The highest BCUT2D eigenvalue weighted by molar-refractivity contribution is 5.78. The number of halogens is 3. The lowest BCUT2D eigenvalue weighted by atomic mass is 9.91. The lowest BCUT2D eigenvalue weighted by Gasteiger charge is -2.40. The number of hydrogen-bond acceptors (Lipinski definition) is 3. The van der Waals surface area contributed by atoms with Crippen molar-refractivity contribution in [3.63, 3.8) is 0 Å². The van der Waals surface area contributed by atoms with E-state index in [0.717, 1.165) is 19.5 Å². The number of aliphatic hydroxyl groups is 1. The third-order valence-corrected chi connectivity index (χ3v) is 3.78. The summed E-state index contributed by atoms with van der Waals surface area (Å²) in [5.74, 6) is -0.0290. The van der Waals surface area contributed by atoms with Crippen molar-refractivity contribution in [2.24, 2.45) is 0 Å². The van der Waals surface area contributed by atoms with Crippen molar-refractivity contribution >= 4 is 5.91 Å². The van der Waals surface area contributed by atoms with Crippen LogP contribution in [0.25, 0.3) is 0 Å². The molecule has 0 spiro atoms. The maximum Gasteiger partial charge on any atom is 0.417 e. The summed E-state index contributed by atoms with van der Waals surface area (Å²) in [5.41, 5.74) is -2.58. The van der Waals surface area contributed by atoms with Gasteiger partial charge in [0.15, 0.2) is 5.60 Å². The van der Waals surface area contributed by atoms with Gasteiger partial charge in [-0.2, -0.15) is 13.2 Å². The SMILES string of the molecule is O=C(CN1CCC(O)(C(F)(F)F)CC1)N1CCC1. The summed E-state index contributed by atoms with van der Waals surface area (Å²) in [6.07, 6.45) is -4.30. The van der Waals surface area contributed by atoms with Crippen LogP contribution in [0.15, 0.2) is 0 Å². The third-order valence-electron chi connectivity index (χ3n) is 3.78. The molecule has 2 aliphatic rings. The molecule has 2 saturated heterocycles. The predicted octanol–water partition coefficient (Wildman–Crippen LogP) is 0.608. The first-order valence-electron chi connectivity index (χ1n) is 6.11. The fourth-order valence-electron chi connectivity index (χ4n) is 2.22. The average Bonchev–Trinajstić information content (AvgIpc) is 2.17. The van der Waals surface area contributed by atoms with E-state index in [9.17, 15) is 23.1 Å². The Kier molecular flexibility index (Phi) is 3.55. The van der Waals surface area contributed by atoms with E-state index in [1.807, 2.05) is 0 Å². The highest BCUT2D eigenvalue weighted by atomic mass is 19.4. The lowest BCUT2D eigenvalue weighted by Crippen LogP contribution is -2.55. The number of hydrogen-bond donors (Lipinski definition) is 1. The molecule has 0 bridgehead atoms. The number of rotatable bonds is 2. The summed E-state index contributed by atoms with van der Waals surface area (Å²) in [7, 11) is 0. The Bertz CT molecular complexity index is 321. The van der Waals surface area contributed by atoms with E-state index < -0.39 is 11.8 Å². The van der Waals surface area contributed by atoms with Gasteiger partial charge in [-0.1, -0.05) is 0 Å². The van der Waals surface area contributed by atoms with Gasteiger partial charge in [0.2, 0.25) is 5.91 Å². The van der Waals surface area contributed by atoms with Crippen LogP contribution in [0.2, 0.25) is 0 Å². The van der Waals surface area contributed by atoms with Gasteiger partial charge in [-0.25, -0.2) is 0 Å².